The van der Waals surface area contributed by atoms with Crippen molar-refractivity contribution in [3.63, 3.8) is 0 Å². The van der Waals surface area contributed by atoms with Crippen molar-refractivity contribution in [3.05, 3.63) is 12.0 Å². The highest BCUT2D eigenvalue weighted by Crippen LogP contribution is 2.19. The number of rotatable bonds is 2. The number of hydrogen-bond acceptors (Lipinski definition) is 4. The zero-order chi connectivity index (χ0) is 9.97. The third kappa shape index (κ3) is 1.90. The topological polar surface area (TPSA) is 41.3 Å². The minimum absolute atomic E-state index is 0.564. The number of aromatic nitrogens is 1. The summed E-state index contributed by atoms with van der Waals surface area (Å²) in [6.45, 7) is 4.11. The van der Waals surface area contributed by atoms with E-state index < -0.39 is 0 Å². The second kappa shape index (κ2) is 4.00. The number of piperidine rings is 1. The highest BCUT2D eigenvalue weighted by atomic mass is 16.4. The van der Waals surface area contributed by atoms with Crippen LogP contribution in [0.3, 0.4) is 0 Å². The summed E-state index contributed by atoms with van der Waals surface area (Å²) >= 11 is 0. The van der Waals surface area contributed by atoms with Crippen LogP contribution in [0.2, 0.25) is 0 Å². The summed E-state index contributed by atoms with van der Waals surface area (Å²) in [5.41, 5.74) is 0. The van der Waals surface area contributed by atoms with E-state index in [9.17, 15) is 0 Å². The monoisotopic (exact) mass is 195 g/mol. The van der Waals surface area contributed by atoms with E-state index in [1.807, 2.05) is 6.92 Å². The van der Waals surface area contributed by atoms with Gasteiger partial charge in [-0.05, 0) is 32.9 Å². The molecule has 4 nitrogen and oxygen atoms in total. The maximum Gasteiger partial charge on any atom is 0.297 e. The quantitative estimate of drug-likeness (QED) is 0.769. The lowest BCUT2D eigenvalue weighted by Gasteiger charge is -2.30. The molecular formula is C10H17N3O. The Morgan fingerprint density at radius 3 is 2.79 bits per heavy atom. The van der Waals surface area contributed by atoms with Crippen LogP contribution in [0.5, 0.6) is 0 Å². The van der Waals surface area contributed by atoms with Gasteiger partial charge in [0.05, 0.1) is 6.20 Å². The molecule has 0 spiro atoms. The Morgan fingerprint density at radius 1 is 1.50 bits per heavy atom. The molecule has 1 aliphatic rings. The molecule has 2 heterocycles. The number of nitrogens with one attached hydrogen (secondary N) is 1. The van der Waals surface area contributed by atoms with Crippen molar-refractivity contribution < 1.29 is 4.42 Å². The van der Waals surface area contributed by atoms with Crippen molar-refractivity contribution in [3.8, 4) is 0 Å². The molecule has 0 amide bonds. The summed E-state index contributed by atoms with van der Waals surface area (Å²) in [7, 11) is 2.06. The zero-order valence-electron chi connectivity index (χ0n) is 8.79. The van der Waals surface area contributed by atoms with Gasteiger partial charge in [-0.25, -0.2) is 4.98 Å². The fourth-order valence-corrected chi connectivity index (χ4v) is 1.86. The van der Waals surface area contributed by atoms with Gasteiger partial charge in [0.15, 0.2) is 0 Å². The second-order valence-corrected chi connectivity index (χ2v) is 3.85. The zero-order valence-corrected chi connectivity index (χ0v) is 8.79. The van der Waals surface area contributed by atoms with Gasteiger partial charge in [0, 0.05) is 13.1 Å². The average Bonchev–Trinajstić information content (AvgIpc) is 2.65. The maximum absolute atomic E-state index is 5.49. The smallest absolute Gasteiger partial charge is 0.297 e. The molecule has 1 aromatic heterocycles. The summed E-state index contributed by atoms with van der Waals surface area (Å²) in [4.78, 5) is 6.38. The Balaban J connectivity index is 2.03. The first kappa shape index (κ1) is 9.52. The number of hydrogen-bond donors (Lipinski definition) is 1. The molecule has 14 heavy (non-hydrogen) atoms. The highest BCUT2D eigenvalue weighted by molar-refractivity contribution is 5.26. The molecule has 0 atom stereocenters. The molecule has 1 fully saturated rings. The lowest BCUT2D eigenvalue weighted by molar-refractivity contribution is 0.415. The van der Waals surface area contributed by atoms with Gasteiger partial charge in [-0.15, -0.1) is 0 Å². The first-order chi connectivity index (χ1) is 6.77. The van der Waals surface area contributed by atoms with Gasteiger partial charge in [-0.2, -0.15) is 0 Å². The normalized spacial score (nSPS) is 18.4. The predicted molar refractivity (Wildman–Crippen MR) is 55.5 cm³/mol. The third-order valence-corrected chi connectivity index (χ3v) is 2.77. The van der Waals surface area contributed by atoms with E-state index in [4.69, 9.17) is 4.42 Å². The highest BCUT2D eigenvalue weighted by Gasteiger charge is 2.20. The summed E-state index contributed by atoms with van der Waals surface area (Å²) in [6, 6.07) is 1.31. The van der Waals surface area contributed by atoms with Crippen LogP contribution in [-0.4, -0.2) is 31.2 Å². The molecule has 0 aromatic carbocycles. The lowest BCUT2D eigenvalue weighted by Crippen LogP contribution is -2.41. The molecule has 0 radical (unpaired) electrons. The molecule has 0 aliphatic carbocycles. The first-order valence-electron chi connectivity index (χ1n) is 5.13. The fourth-order valence-electron chi connectivity index (χ4n) is 1.86. The van der Waals surface area contributed by atoms with E-state index in [2.05, 4.69) is 22.2 Å². The van der Waals surface area contributed by atoms with E-state index in [-0.39, 0.29) is 0 Å². The van der Waals surface area contributed by atoms with Gasteiger partial charge in [-0.3, -0.25) is 0 Å². The van der Waals surface area contributed by atoms with Crippen LogP contribution < -0.4 is 10.2 Å². The van der Waals surface area contributed by atoms with Crippen LogP contribution in [0, 0.1) is 6.92 Å². The molecule has 1 aromatic rings. The molecule has 0 saturated carbocycles. The van der Waals surface area contributed by atoms with Gasteiger partial charge >= 0.3 is 0 Å². The third-order valence-electron chi connectivity index (χ3n) is 2.77. The molecule has 0 unspecified atom stereocenters. The number of nitrogens with zero attached hydrogens (tertiary/aromatic N) is 2. The van der Waals surface area contributed by atoms with Crippen molar-refractivity contribution in [2.24, 2.45) is 0 Å². The predicted octanol–water partition coefficient (Wildman–Crippen LogP) is 1.17. The molecule has 0 bridgehead atoms. The van der Waals surface area contributed by atoms with Gasteiger partial charge in [0.25, 0.3) is 6.01 Å². The van der Waals surface area contributed by atoms with E-state index in [0.717, 1.165) is 37.7 Å². The summed E-state index contributed by atoms with van der Waals surface area (Å²) in [5, 5.41) is 3.35. The minimum Gasteiger partial charge on any atom is -0.429 e. The molecule has 1 aliphatic heterocycles. The fraction of sp³-hybridized carbons (Fsp3) is 0.700. The number of oxazole rings is 1. The van der Waals surface area contributed by atoms with Crippen LogP contribution >= 0.6 is 0 Å². The second-order valence-electron chi connectivity index (χ2n) is 3.85. The van der Waals surface area contributed by atoms with Crippen molar-refractivity contribution >= 4 is 6.01 Å². The molecule has 1 N–H and O–H groups in total. The Hall–Kier alpha value is -1.03. The molecule has 4 heteroatoms. The first-order valence-corrected chi connectivity index (χ1v) is 5.13. The molecule has 78 valence electrons. The van der Waals surface area contributed by atoms with Gasteiger partial charge in [-0.1, -0.05) is 0 Å². The van der Waals surface area contributed by atoms with E-state index in [0.29, 0.717) is 6.04 Å². The molecular weight excluding hydrogens is 178 g/mol. The van der Waals surface area contributed by atoms with Gasteiger partial charge < -0.3 is 14.6 Å². The van der Waals surface area contributed by atoms with E-state index >= 15 is 0 Å². The molecule has 2 rings (SSSR count). The van der Waals surface area contributed by atoms with E-state index in [1.165, 1.54) is 0 Å². The van der Waals surface area contributed by atoms with Crippen LogP contribution in [-0.2, 0) is 0 Å². The van der Waals surface area contributed by atoms with Crippen LogP contribution in [0.4, 0.5) is 6.01 Å². The summed E-state index contributed by atoms with van der Waals surface area (Å²) in [6.07, 6.45) is 4.10. The largest absolute Gasteiger partial charge is 0.429 e. The van der Waals surface area contributed by atoms with Crippen molar-refractivity contribution in [2.45, 2.75) is 25.8 Å². The summed E-state index contributed by atoms with van der Waals surface area (Å²) < 4.78 is 5.49. The standard InChI is InChI=1S/C10H17N3O/c1-8-7-12-10(14-8)13(2)9-3-5-11-6-4-9/h7,9,11H,3-6H2,1-2H3. The van der Waals surface area contributed by atoms with Crippen molar-refractivity contribution in [1.29, 1.82) is 0 Å². The van der Waals surface area contributed by atoms with E-state index in [1.54, 1.807) is 6.20 Å². The summed E-state index contributed by atoms with van der Waals surface area (Å²) in [5.74, 6) is 0.876. The Kier molecular flexibility index (Phi) is 2.72. The van der Waals surface area contributed by atoms with Gasteiger partial charge in [0.2, 0.25) is 0 Å². The SMILES string of the molecule is Cc1cnc(N(C)C2CCNCC2)o1. The van der Waals surface area contributed by atoms with Crippen LogP contribution in [0.1, 0.15) is 18.6 Å². The lowest BCUT2D eigenvalue weighted by atomic mass is 10.1. The van der Waals surface area contributed by atoms with Gasteiger partial charge in [0.1, 0.15) is 5.76 Å². The van der Waals surface area contributed by atoms with Crippen molar-refractivity contribution in [1.82, 2.24) is 10.3 Å². The maximum atomic E-state index is 5.49. The Bertz CT molecular complexity index is 291. The van der Waals surface area contributed by atoms with Crippen LogP contribution in [0.15, 0.2) is 10.6 Å². The minimum atomic E-state index is 0.564. The Labute approximate surface area is 84.3 Å². The van der Waals surface area contributed by atoms with Crippen LogP contribution in [0.25, 0.3) is 0 Å². The number of anilines is 1. The molecule has 1 saturated heterocycles. The number of aryl methyl sites for hydroxylation is 1. The van der Waals surface area contributed by atoms with Crippen molar-refractivity contribution in [2.75, 3.05) is 25.0 Å². The Morgan fingerprint density at radius 2 is 2.21 bits per heavy atom. The average molecular weight is 195 g/mol.